The van der Waals surface area contributed by atoms with Gasteiger partial charge in [0.05, 0.1) is 5.57 Å². The van der Waals surface area contributed by atoms with Gasteiger partial charge in [-0.15, -0.1) is 11.3 Å². The van der Waals surface area contributed by atoms with Crippen LogP contribution in [0.2, 0.25) is 0 Å². The Bertz CT molecular complexity index is 1090. The van der Waals surface area contributed by atoms with Crippen LogP contribution in [-0.2, 0) is 22.6 Å². The molecule has 4 nitrogen and oxygen atoms in total. The summed E-state index contributed by atoms with van der Waals surface area (Å²) in [5.41, 5.74) is 2.88. The van der Waals surface area contributed by atoms with E-state index in [2.05, 4.69) is 0 Å². The van der Waals surface area contributed by atoms with Crippen molar-refractivity contribution in [2.75, 3.05) is 13.1 Å². The molecular weight excluding hydrogens is 411 g/mol. The van der Waals surface area contributed by atoms with Gasteiger partial charge in [0.15, 0.2) is 0 Å². The van der Waals surface area contributed by atoms with Crippen LogP contribution in [0.3, 0.4) is 0 Å². The van der Waals surface area contributed by atoms with Crippen molar-refractivity contribution >= 4 is 28.7 Å². The van der Waals surface area contributed by atoms with Crippen molar-refractivity contribution in [2.24, 2.45) is 0 Å². The van der Waals surface area contributed by atoms with E-state index in [1.54, 1.807) is 12.1 Å². The molecular formula is C25H23FN2O2S. The summed E-state index contributed by atoms with van der Waals surface area (Å²) in [7, 11) is 0. The highest BCUT2D eigenvalue weighted by Crippen LogP contribution is 2.34. The zero-order valence-electron chi connectivity index (χ0n) is 17.3. The van der Waals surface area contributed by atoms with Crippen LogP contribution in [-0.4, -0.2) is 34.7 Å². The number of carbonyl (C=O) groups is 2. The molecule has 0 atom stereocenters. The first-order chi connectivity index (χ1) is 15.1. The molecule has 0 N–H and O–H groups in total. The van der Waals surface area contributed by atoms with Crippen LogP contribution in [0.1, 0.15) is 22.9 Å². The normalized spacial score (nSPS) is 13.9. The molecule has 0 radical (unpaired) electrons. The Labute approximate surface area is 185 Å². The summed E-state index contributed by atoms with van der Waals surface area (Å²) in [4.78, 5) is 30.9. The summed E-state index contributed by atoms with van der Waals surface area (Å²) in [6.07, 6.45) is 0.480. The predicted molar refractivity (Wildman–Crippen MR) is 121 cm³/mol. The second kappa shape index (κ2) is 9.27. The Hall–Kier alpha value is -3.25. The molecule has 0 saturated heterocycles. The summed E-state index contributed by atoms with van der Waals surface area (Å²) < 4.78 is 13.2. The van der Waals surface area contributed by atoms with Gasteiger partial charge in [-0.1, -0.05) is 48.5 Å². The number of thiophene rings is 1. The molecule has 2 aromatic carbocycles. The van der Waals surface area contributed by atoms with Gasteiger partial charge >= 0.3 is 0 Å². The molecule has 1 aromatic heterocycles. The number of halogens is 1. The number of imide groups is 1. The lowest BCUT2D eigenvalue weighted by Gasteiger charge is -2.25. The fourth-order valence-corrected chi connectivity index (χ4v) is 4.51. The van der Waals surface area contributed by atoms with Crippen molar-refractivity contribution in [3.63, 3.8) is 0 Å². The number of hydrogen-bond acceptors (Lipinski definition) is 4. The van der Waals surface area contributed by atoms with E-state index in [-0.39, 0.29) is 24.2 Å². The van der Waals surface area contributed by atoms with Crippen LogP contribution >= 0.6 is 11.3 Å². The van der Waals surface area contributed by atoms with Crippen LogP contribution in [0.5, 0.6) is 0 Å². The van der Waals surface area contributed by atoms with E-state index in [1.807, 2.05) is 59.7 Å². The Kier molecular flexibility index (Phi) is 6.28. The zero-order valence-corrected chi connectivity index (χ0v) is 18.1. The van der Waals surface area contributed by atoms with Crippen LogP contribution in [0.4, 0.5) is 4.39 Å². The van der Waals surface area contributed by atoms with Gasteiger partial charge in [-0.25, -0.2) is 4.39 Å². The summed E-state index contributed by atoms with van der Waals surface area (Å²) in [5.74, 6) is -0.843. The molecule has 0 spiro atoms. The topological polar surface area (TPSA) is 40.6 Å². The van der Waals surface area contributed by atoms with Gasteiger partial charge in [0.2, 0.25) is 0 Å². The fourth-order valence-electron chi connectivity index (χ4n) is 3.75. The van der Waals surface area contributed by atoms with Gasteiger partial charge in [-0.3, -0.25) is 14.5 Å². The number of hydrogen-bond donors (Lipinski definition) is 0. The van der Waals surface area contributed by atoms with E-state index in [0.717, 1.165) is 16.0 Å². The minimum absolute atomic E-state index is 0.255. The van der Waals surface area contributed by atoms with Gasteiger partial charge in [0, 0.05) is 24.5 Å². The third kappa shape index (κ3) is 4.44. The molecule has 31 heavy (non-hydrogen) atoms. The van der Waals surface area contributed by atoms with E-state index >= 15 is 0 Å². The van der Waals surface area contributed by atoms with Crippen LogP contribution < -0.4 is 0 Å². The third-order valence-electron chi connectivity index (χ3n) is 5.36. The van der Waals surface area contributed by atoms with Crippen molar-refractivity contribution in [3.05, 3.63) is 99.6 Å². The molecule has 4 rings (SSSR count). The van der Waals surface area contributed by atoms with Crippen molar-refractivity contribution in [1.29, 1.82) is 0 Å². The standard InChI is InChI=1S/C25H23FN2O2S/c1-2-27(17-19-7-4-3-5-8-19)23-22(21-9-6-16-31-21)24(29)28(25(23)30)15-14-18-10-12-20(26)13-11-18/h3-13,16H,2,14-15,17H2,1H3. The minimum atomic E-state index is -0.305. The number of benzene rings is 2. The van der Waals surface area contributed by atoms with E-state index in [0.29, 0.717) is 30.8 Å². The van der Waals surface area contributed by atoms with E-state index in [1.165, 1.54) is 28.4 Å². The highest BCUT2D eigenvalue weighted by Gasteiger charge is 2.41. The average molecular weight is 435 g/mol. The first-order valence-electron chi connectivity index (χ1n) is 10.3. The van der Waals surface area contributed by atoms with E-state index < -0.39 is 0 Å². The summed E-state index contributed by atoms with van der Waals surface area (Å²) in [5, 5.41) is 1.91. The smallest absolute Gasteiger partial charge is 0.277 e. The average Bonchev–Trinajstić information content (AvgIpc) is 3.39. The number of rotatable bonds is 8. The molecule has 0 aliphatic carbocycles. The second-order valence-corrected chi connectivity index (χ2v) is 8.29. The zero-order chi connectivity index (χ0) is 21.8. The lowest BCUT2D eigenvalue weighted by Crippen LogP contribution is -2.36. The summed E-state index contributed by atoms with van der Waals surface area (Å²) >= 11 is 1.46. The number of amides is 2. The first kappa shape index (κ1) is 21.0. The molecule has 0 saturated carbocycles. The number of carbonyl (C=O) groups excluding carboxylic acids is 2. The maximum absolute atomic E-state index is 13.4. The molecule has 2 heterocycles. The first-order valence-corrected chi connectivity index (χ1v) is 11.1. The molecule has 0 unspecified atom stereocenters. The highest BCUT2D eigenvalue weighted by molar-refractivity contribution is 7.11. The molecule has 2 amide bonds. The predicted octanol–water partition coefficient (Wildman–Crippen LogP) is 4.73. The molecule has 6 heteroatoms. The van der Waals surface area contributed by atoms with Gasteiger partial charge in [-0.05, 0) is 48.1 Å². The Morgan fingerprint density at radius 2 is 1.65 bits per heavy atom. The summed E-state index contributed by atoms with van der Waals surface area (Å²) in [6, 6.07) is 19.8. The SMILES string of the molecule is CCN(Cc1ccccc1)C1=C(c2cccs2)C(=O)N(CCc2ccc(F)cc2)C1=O. The van der Waals surface area contributed by atoms with E-state index in [9.17, 15) is 14.0 Å². The van der Waals surface area contributed by atoms with Crippen LogP contribution in [0, 0.1) is 5.82 Å². The molecule has 1 aliphatic heterocycles. The number of likely N-dealkylation sites (N-methyl/N-ethyl adjacent to an activating group) is 1. The minimum Gasteiger partial charge on any atom is -0.362 e. The third-order valence-corrected chi connectivity index (χ3v) is 6.25. The fraction of sp³-hybridized carbons (Fsp3) is 0.200. The maximum atomic E-state index is 13.4. The van der Waals surface area contributed by atoms with Crippen molar-refractivity contribution < 1.29 is 14.0 Å². The van der Waals surface area contributed by atoms with Gasteiger partial charge in [-0.2, -0.15) is 0 Å². The number of nitrogens with zero attached hydrogens (tertiary/aromatic N) is 2. The van der Waals surface area contributed by atoms with Gasteiger partial charge < -0.3 is 4.90 Å². The van der Waals surface area contributed by atoms with Crippen LogP contribution in [0.15, 0.2) is 77.8 Å². The molecule has 0 bridgehead atoms. The van der Waals surface area contributed by atoms with E-state index in [4.69, 9.17) is 0 Å². The Morgan fingerprint density at radius 3 is 2.29 bits per heavy atom. The Balaban J connectivity index is 1.63. The molecule has 158 valence electrons. The second-order valence-electron chi connectivity index (χ2n) is 7.34. The quantitative estimate of drug-likeness (QED) is 0.481. The molecule has 0 fully saturated rings. The summed E-state index contributed by atoms with van der Waals surface area (Å²) in [6.45, 7) is 3.39. The largest absolute Gasteiger partial charge is 0.362 e. The van der Waals surface area contributed by atoms with Crippen molar-refractivity contribution in [2.45, 2.75) is 19.9 Å². The lowest BCUT2D eigenvalue weighted by atomic mass is 10.1. The van der Waals surface area contributed by atoms with Crippen molar-refractivity contribution in [3.8, 4) is 0 Å². The lowest BCUT2D eigenvalue weighted by molar-refractivity contribution is -0.137. The monoisotopic (exact) mass is 434 g/mol. The molecule has 1 aliphatic rings. The highest BCUT2D eigenvalue weighted by atomic mass is 32.1. The Morgan fingerprint density at radius 1 is 0.903 bits per heavy atom. The van der Waals surface area contributed by atoms with Gasteiger partial charge in [0.25, 0.3) is 11.8 Å². The van der Waals surface area contributed by atoms with Crippen LogP contribution in [0.25, 0.3) is 5.57 Å². The maximum Gasteiger partial charge on any atom is 0.277 e. The van der Waals surface area contributed by atoms with Gasteiger partial charge in [0.1, 0.15) is 11.5 Å². The van der Waals surface area contributed by atoms with Crippen molar-refractivity contribution in [1.82, 2.24) is 9.80 Å². The molecule has 3 aromatic rings.